The molecule has 0 aromatic heterocycles. The molecule has 0 saturated carbocycles. The summed E-state index contributed by atoms with van der Waals surface area (Å²) in [5, 5.41) is 12.0. The first-order valence-corrected chi connectivity index (χ1v) is 11.9. The summed E-state index contributed by atoms with van der Waals surface area (Å²) in [6, 6.07) is 19.5. The number of anilines is 1. The lowest BCUT2D eigenvalue weighted by atomic mass is 9.98. The molecule has 35 heavy (non-hydrogen) atoms. The number of nitrogens with zero attached hydrogens (tertiary/aromatic N) is 1. The van der Waals surface area contributed by atoms with Crippen LogP contribution in [0.4, 0.5) is 14.9 Å². The van der Waals surface area contributed by atoms with Crippen LogP contribution in [0.2, 0.25) is 0 Å². The molecular formula is C28H27FN2O4. The van der Waals surface area contributed by atoms with E-state index in [0.717, 1.165) is 53.9 Å². The third-order valence-electron chi connectivity index (χ3n) is 6.87. The number of halogens is 1. The molecule has 6 nitrogen and oxygen atoms in total. The van der Waals surface area contributed by atoms with Crippen molar-refractivity contribution in [1.29, 1.82) is 0 Å². The Labute approximate surface area is 203 Å². The standard InChI is InChI=1S/C28H27FN2O4/c29-25-16-19(31-13-5-6-14-31)12-11-18(25)15-26(27(32)33)30-28(34)35-17-24-22-9-3-1-7-20(22)21-8-2-4-10-23(21)24/h1-4,7-12,16,24,26H,5-6,13-15,17H2,(H,30,34)(H,32,33). The molecule has 2 aliphatic rings. The Kier molecular flexibility index (Phi) is 6.40. The van der Waals surface area contributed by atoms with Crippen LogP contribution in [-0.4, -0.2) is 42.9 Å². The number of aliphatic carboxylic acids is 1. The molecule has 1 aliphatic heterocycles. The minimum atomic E-state index is -1.31. The maximum absolute atomic E-state index is 14.7. The highest BCUT2D eigenvalue weighted by atomic mass is 19.1. The minimum absolute atomic E-state index is 0.0745. The zero-order valence-corrected chi connectivity index (χ0v) is 19.2. The highest BCUT2D eigenvalue weighted by Crippen LogP contribution is 2.44. The van der Waals surface area contributed by atoms with Crippen molar-refractivity contribution in [1.82, 2.24) is 5.32 Å². The van der Waals surface area contributed by atoms with Crippen molar-refractivity contribution in [2.24, 2.45) is 0 Å². The number of carboxylic acids is 1. The average molecular weight is 475 g/mol. The van der Waals surface area contributed by atoms with Crippen molar-refractivity contribution in [2.75, 3.05) is 24.6 Å². The van der Waals surface area contributed by atoms with E-state index in [0.29, 0.717) is 0 Å². The van der Waals surface area contributed by atoms with Gasteiger partial charge in [0.2, 0.25) is 0 Å². The van der Waals surface area contributed by atoms with Gasteiger partial charge in [0.15, 0.2) is 0 Å². The molecule has 0 radical (unpaired) electrons. The van der Waals surface area contributed by atoms with Gasteiger partial charge in [-0.3, -0.25) is 0 Å². The summed E-state index contributed by atoms with van der Waals surface area (Å²) in [5.41, 5.74) is 5.37. The molecule has 1 saturated heterocycles. The summed E-state index contributed by atoms with van der Waals surface area (Å²) >= 11 is 0. The van der Waals surface area contributed by atoms with Crippen LogP contribution in [0.25, 0.3) is 11.1 Å². The van der Waals surface area contributed by atoms with Crippen LogP contribution >= 0.6 is 0 Å². The number of benzene rings is 3. The number of hydrogen-bond acceptors (Lipinski definition) is 4. The van der Waals surface area contributed by atoms with Gasteiger partial charge in [0, 0.05) is 31.1 Å². The molecule has 1 heterocycles. The fourth-order valence-corrected chi connectivity index (χ4v) is 5.08. The molecule has 3 aromatic carbocycles. The van der Waals surface area contributed by atoms with Gasteiger partial charge in [-0.25, -0.2) is 14.0 Å². The van der Waals surface area contributed by atoms with Crippen LogP contribution in [0.5, 0.6) is 0 Å². The predicted molar refractivity (Wildman–Crippen MR) is 131 cm³/mol. The van der Waals surface area contributed by atoms with Crippen LogP contribution in [0.1, 0.15) is 35.4 Å². The van der Waals surface area contributed by atoms with E-state index < -0.39 is 23.9 Å². The second-order valence-electron chi connectivity index (χ2n) is 9.03. The zero-order valence-electron chi connectivity index (χ0n) is 19.2. The van der Waals surface area contributed by atoms with Crippen molar-refractivity contribution in [2.45, 2.75) is 31.2 Å². The van der Waals surface area contributed by atoms with E-state index in [-0.39, 0.29) is 24.5 Å². The van der Waals surface area contributed by atoms with Crippen LogP contribution < -0.4 is 10.2 Å². The van der Waals surface area contributed by atoms with E-state index in [1.54, 1.807) is 12.1 Å². The van der Waals surface area contributed by atoms with Crippen LogP contribution in [-0.2, 0) is 16.0 Å². The Hall–Kier alpha value is -3.87. The number of carbonyl (C=O) groups is 2. The van der Waals surface area contributed by atoms with Crippen molar-refractivity contribution >= 4 is 17.7 Å². The SMILES string of the molecule is O=C(NC(Cc1ccc(N2CCCC2)cc1F)C(=O)O)OCC1c2ccccc2-c2ccccc21. The normalized spacial score (nSPS) is 15.4. The van der Waals surface area contributed by atoms with Crippen LogP contribution in [0, 0.1) is 5.82 Å². The van der Waals surface area contributed by atoms with Crippen molar-refractivity contribution < 1.29 is 23.8 Å². The fraction of sp³-hybridized carbons (Fsp3) is 0.286. The number of ether oxygens (including phenoxy) is 1. The summed E-state index contributed by atoms with van der Waals surface area (Å²) < 4.78 is 20.2. The zero-order chi connectivity index (χ0) is 24.4. The van der Waals surface area contributed by atoms with Gasteiger partial charge in [-0.1, -0.05) is 54.6 Å². The first kappa shape index (κ1) is 22.9. The highest BCUT2D eigenvalue weighted by Gasteiger charge is 2.30. The van der Waals surface area contributed by atoms with Gasteiger partial charge in [0.05, 0.1) is 0 Å². The lowest BCUT2D eigenvalue weighted by Crippen LogP contribution is -2.43. The lowest BCUT2D eigenvalue weighted by Gasteiger charge is -2.20. The van der Waals surface area contributed by atoms with E-state index in [1.807, 2.05) is 48.5 Å². The minimum Gasteiger partial charge on any atom is -0.480 e. The first-order chi connectivity index (χ1) is 17.0. The molecule has 0 bridgehead atoms. The number of carboxylic acid groups (broad SMARTS) is 1. The molecule has 0 spiro atoms. The largest absolute Gasteiger partial charge is 0.480 e. The first-order valence-electron chi connectivity index (χ1n) is 11.9. The number of alkyl carbamates (subject to hydrolysis) is 1. The van der Waals surface area contributed by atoms with E-state index in [1.165, 1.54) is 6.07 Å². The van der Waals surface area contributed by atoms with Crippen LogP contribution in [0.15, 0.2) is 66.7 Å². The monoisotopic (exact) mass is 474 g/mol. The fourth-order valence-electron chi connectivity index (χ4n) is 5.08. The molecule has 1 fully saturated rings. The van der Waals surface area contributed by atoms with Gasteiger partial charge < -0.3 is 20.1 Å². The number of rotatable bonds is 7. The third kappa shape index (κ3) is 4.71. The number of nitrogens with one attached hydrogen (secondary N) is 1. The van der Waals surface area contributed by atoms with Crippen molar-refractivity contribution in [3.05, 3.63) is 89.2 Å². The number of fused-ring (bicyclic) bond motifs is 3. The summed E-state index contributed by atoms with van der Waals surface area (Å²) in [5.74, 6) is -1.86. The molecule has 1 amide bonds. The number of hydrogen-bond donors (Lipinski definition) is 2. The van der Waals surface area contributed by atoms with Gasteiger partial charge >= 0.3 is 12.1 Å². The van der Waals surface area contributed by atoms with Gasteiger partial charge in [0.25, 0.3) is 0 Å². The summed E-state index contributed by atoms with van der Waals surface area (Å²) in [4.78, 5) is 26.5. The summed E-state index contributed by atoms with van der Waals surface area (Å²) in [7, 11) is 0. The highest BCUT2D eigenvalue weighted by molar-refractivity contribution is 5.81. The molecular weight excluding hydrogens is 447 g/mol. The van der Waals surface area contributed by atoms with E-state index in [2.05, 4.69) is 10.2 Å². The topological polar surface area (TPSA) is 78.9 Å². The van der Waals surface area contributed by atoms with Crippen LogP contribution in [0.3, 0.4) is 0 Å². The summed E-state index contributed by atoms with van der Waals surface area (Å²) in [6.07, 6.45) is 1.14. The van der Waals surface area contributed by atoms with E-state index in [4.69, 9.17) is 4.74 Å². The maximum Gasteiger partial charge on any atom is 0.407 e. The summed E-state index contributed by atoms with van der Waals surface area (Å²) in [6.45, 7) is 1.85. The van der Waals surface area contributed by atoms with E-state index >= 15 is 0 Å². The molecule has 3 aromatic rings. The molecule has 1 atom stereocenters. The van der Waals surface area contributed by atoms with Gasteiger partial charge in [0.1, 0.15) is 18.5 Å². The van der Waals surface area contributed by atoms with Gasteiger partial charge in [-0.15, -0.1) is 0 Å². The third-order valence-corrected chi connectivity index (χ3v) is 6.87. The molecule has 180 valence electrons. The Morgan fingerprint density at radius 1 is 1.00 bits per heavy atom. The predicted octanol–water partition coefficient (Wildman–Crippen LogP) is 4.96. The molecule has 5 rings (SSSR count). The van der Waals surface area contributed by atoms with Crippen molar-refractivity contribution in [3.8, 4) is 11.1 Å². The maximum atomic E-state index is 14.7. The Balaban J connectivity index is 1.24. The Morgan fingerprint density at radius 3 is 2.23 bits per heavy atom. The van der Waals surface area contributed by atoms with Gasteiger partial charge in [-0.2, -0.15) is 0 Å². The molecule has 2 N–H and O–H groups in total. The second kappa shape index (κ2) is 9.78. The van der Waals surface area contributed by atoms with Gasteiger partial charge in [-0.05, 0) is 52.8 Å². The Bertz CT molecular complexity index is 1210. The average Bonchev–Trinajstić information content (AvgIpc) is 3.50. The second-order valence-corrected chi connectivity index (χ2v) is 9.03. The Morgan fingerprint density at radius 2 is 1.63 bits per heavy atom. The van der Waals surface area contributed by atoms with Crippen molar-refractivity contribution in [3.63, 3.8) is 0 Å². The number of amides is 1. The van der Waals surface area contributed by atoms with E-state index in [9.17, 15) is 19.1 Å². The lowest BCUT2D eigenvalue weighted by molar-refractivity contribution is -0.139. The number of carbonyl (C=O) groups excluding carboxylic acids is 1. The molecule has 1 aliphatic carbocycles. The molecule has 1 unspecified atom stereocenters. The smallest absolute Gasteiger partial charge is 0.407 e. The molecule has 7 heteroatoms. The quantitative estimate of drug-likeness (QED) is 0.506.